The number of aromatic nitrogens is 2. The van der Waals surface area contributed by atoms with E-state index in [9.17, 15) is 18.3 Å². The number of halogens is 3. The Labute approximate surface area is 96.1 Å². The zero-order chi connectivity index (χ0) is 12.7. The topological polar surface area (TPSA) is 49.2 Å². The van der Waals surface area contributed by atoms with E-state index in [4.69, 9.17) is 0 Å². The summed E-state index contributed by atoms with van der Waals surface area (Å²) in [7, 11) is 0. The van der Waals surface area contributed by atoms with Crippen LogP contribution in [0.25, 0.3) is 0 Å². The molecule has 0 radical (unpaired) electrons. The van der Waals surface area contributed by atoms with E-state index < -0.39 is 18.3 Å². The van der Waals surface area contributed by atoms with Crippen LogP contribution in [0.4, 0.5) is 19.1 Å². The molecular weight excluding hydrogens is 235 g/mol. The fourth-order valence-electron chi connectivity index (χ4n) is 1.78. The Hall–Kier alpha value is -1.37. The Kier molecular flexibility index (Phi) is 2.73. The smallest absolute Gasteiger partial charge is 0.379 e. The quantitative estimate of drug-likeness (QED) is 0.812. The summed E-state index contributed by atoms with van der Waals surface area (Å²) >= 11 is 0. The first-order valence-electron chi connectivity index (χ1n) is 5.15. The van der Waals surface area contributed by atoms with Crippen LogP contribution >= 0.6 is 0 Å². The summed E-state index contributed by atoms with van der Waals surface area (Å²) in [6.45, 7) is 1.32. The Morgan fingerprint density at radius 3 is 2.71 bits per heavy atom. The lowest BCUT2D eigenvalue weighted by molar-refractivity contribution is -0.250. The maximum atomic E-state index is 12.6. The average Bonchev–Trinajstić information content (AvgIpc) is 2.61. The van der Waals surface area contributed by atoms with Crippen molar-refractivity contribution in [3.05, 3.63) is 18.0 Å². The van der Waals surface area contributed by atoms with E-state index in [2.05, 4.69) is 9.97 Å². The molecule has 0 amide bonds. The van der Waals surface area contributed by atoms with Crippen molar-refractivity contribution in [2.45, 2.75) is 25.1 Å². The molecule has 1 aliphatic rings. The molecule has 1 saturated heterocycles. The van der Waals surface area contributed by atoms with Crippen molar-refractivity contribution >= 4 is 5.95 Å². The summed E-state index contributed by atoms with van der Waals surface area (Å²) < 4.78 is 37.8. The number of rotatable bonds is 1. The van der Waals surface area contributed by atoms with Crippen LogP contribution in [0.1, 0.15) is 12.1 Å². The molecule has 1 N–H and O–H groups in total. The van der Waals surface area contributed by atoms with Crippen molar-refractivity contribution in [2.75, 3.05) is 18.0 Å². The second-order valence-corrected chi connectivity index (χ2v) is 4.20. The van der Waals surface area contributed by atoms with Gasteiger partial charge < -0.3 is 10.0 Å². The van der Waals surface area contributed by atoms with E-state index in [1.165, 1.54) is 11.1 Å². The maximum absolute atomic E-state index is 12.6. The van der Waals surface area contributed by atoms with Crippen LogP contribution in [0.5, 0.6) is 0 Å². The van der Waals surface area contributed by atoms with Crippen molar-refractivity contribution < 1.29 is 18.3 Å². The molecule has 0 spiro atoms. The minimum Gasteiger partial charge on any atom is -0.379 e. The van der Waals surface area contributed by atoms with Gasteiger partial charge in [0.2, 0.25) is 5.95 Å². The first-order chi connectivity index (χ1) is 7.82. The third-order valence-corrected chi connectivity index (χ3v) is 2.84. The molecule has 1 aliphatic heterocycles. The molecule has 1 aromatic rings. The summed E-state index contributed by atoms with van der Waals surface area (Å²) in [5.74, 6) is 0.227. The van der Waals surface area contributed by atoms with Gasteiger partial charge in [-0.15, -0.1) is 0 Å². The SMILES string of the molecule is Cc1ccnc(N2CCC(O)(C(F)(F)F)C2)n1. The zero-order valence-corrected chi connectivity index (χ0v) is 9.20. The van der Waals surface area contributed by atoms with Crippen molar-refractivity contribution in [3.8, 4) is 0 Å². The first-order valence-corrected chi connectivity index (χ1v) is 5.15. The van der Waals surface area contributed by atoms with Gasteiger partial charge in [-0.2, -0.15) is 13.2 Å². The second-order valence-electron chi connectivity index (χ2n) is 4.20. The lowest BCUT2D eigenvalue weighted by Crippen LogP contribution is -2.47. The van der Waals surface area contributed by atoms with Gasteiger partial charge in [-0.25, -0.2) is 9.97 Å². The predicted molar refractivity (Wildman–Crippen MR) is 54.6 cm³/mol. The minimum absolute atomic E-state index is 0.0967. The molecule has 7 heteroatoms. The molecule has 0 bridgehead atoms. The standard InChI is InChI=1S/C10H12F3N3O/c1-7-2-4-14-8(15-7)16-5-3-9(17,6-16)10(11,12)13/h2,4,17H,3,5-6H2,1H3. The van der Waals surface area contributed by atoms with Gasteiger partial charge in [0.1, 0.15) is 0 Å². The fraction of sp³-hybridized carbons (Fsp3) is 0.600. The highest BCUT2D eigenvalue weighted by Gasteiger charge is 2.57. The maximum Gasteiger partial charge on any atom is 0.419 e. The summed E-state index contributed by atoms with van der Waals surface area (Å²) in [4.78, 5) is 9.29. The van der Waals surface area contributed by atoms with Gasteiger partial charge in [0.05, 0.1) is 6.54 Å². The highest BCUT2D eigenvalue weighted by atomic mass is 19.4. The molecule has 0 aliphatic carbocycles. The number of aryl methyl sites for hydroxylation is 1. The van der Waals surface area contributed by atoms with Crippen LogP contribution in [0.3, 0.4) is 0 Å². The monoisotopic (exact) mass is 247 g/mol. The van der Waals surface area contributed by atoms with Crippen molar-refractivity contribution in [1.29, 1.82) is 0 Å². The highest BCUT2D eigenvalue weighted by Crippen LogP contribution is 2.38. The van der Waals surface area contributed by atoms with Crippen LogP contribution in [-0.2, 0) is 0 Å². The third-order valence-electron chi connectivity index (χ3n) is 2.84. The molecule has 1 fully saturated rings. The van der Waals surface area contributed by atoms with E-state index in [1.807, 2.05) is 0 Å². The third kappa shape index (κ3) is 2.19. The molecule has 0 saturated carbocycles. The molecule has 2 rings (SSSR count). The van der Waals surface area contributed by atoms with Crippen molar-refractivity contribution in [1.82, 2.24) is 9.97 Å². The van der Waals surface area contributed by atoms with Crippen molar-refractivity contribution in [3.63, 3.8) is 0 Å². The second kappa shape index (κ2) is 3.83. The molecular formula is C10H12F3N3O. The number of aliphatic hydroxyl groups is 1. The predicted octanol–water partition coefficient (Wildman–Crippen LogP) is 1.29. The molecule has 1 aromatic heterocycles. The number of anilines is 1. The van der Waals surface area contributed by atoms with E-state index in [0.29, 0.717) is 5.69 Å². The van der Waals surface area contributed by atoms with Crippen LogP contribution < -0.4 is 4.90 Å². The summed E-state index contributed by atoms with van der Waals surface area (Å²) in [6.07, 6.45) is -3.48. The van der Waals surface area contributed by atoms with E-state index >= 15 is 0 Å². The highest BCUT2D eigenvalue weighted by molar-refractivity contribution is 5.34. The van der Waals surface area contributed by atoms with Gasteiger partial charge in [0.15, 0.2) is 5.60 Å². The Morgan fingerprint density at radius 2 is 2.18 bits per heavy atom. The van der Waals surface area contributed by atoms with Gasteiger partial charge in [-0.05, 0) is 13.0 Å². The largest absolute Gasteiger partial charge is 0.419 e. The van der Waals surface area contributed by atoms with E-state index in [-0.39, 0.29) is 18.9 Å². The van der Waals surface area contributed by atoms with Gasteiger partial charge in [-0.3, -0.25) is 0 Å². The van der Waals surface area contributed by atoms with E-state index in [1.54, 1.807) is 13.0 Å². The van der Waals surface area contributed by atoms with Gasteiger partial charge in [-0.1, -0.05) is 0 Å². The normalized spacial score (nSPS) is 25.4. The number of β-amino-alcohol motifs (C(OH)–C–C–N with tert-alkyl or cyclic N) is 1. The zero-order valence-electron chi connectivity index (χ0n) is 9.20. The Balaban J connectivity index is 2.18. The van der Waals surface area contributed by atoms with E-state index in [0.717, 1.165) is 0 Å². The number of alkyl halides is 3. The van der Waals surface area contributed by atoms with Crippen LogP contribution in [0.2, 0.25) is 0 Å². The number of hydrogen-bond acceptors (Lipinski definition) is 4. The van der Waals surface area contributed by atoms with Crippen LogP contribution in [0, 0.1) is 6.92 Å². The summed E-state index contributed by atoms with van der Waals surface area (Å²) in [5.41, 5.74) is -1.97. The van der Waals surface area contributed by atoms with Gasteiger partial charge in [0, 0.05) is 24.9 Å². The van der Waals surface area contributed by atoms with Crippen LogP contribution in [0.15, 0.2) is 12.3 Å². The number of nitrogens with zero attached hydrogens (tertiary/aromatic N) is 3. The summed E-state index contributed by atoms with van der Waals surface area (Å²) in [6, 6.07) is 1.66. The molecule has 4 nitrogen and oxygen atoms in total. The van der Waals surface area contributed by atoms with Crippen LogP contribution in [-0.4, -0.2) is 39.9 Å². The van der Waals surface area contributed by atoms with Gasteiger partial charge >= 0.3 is 6.18 Å². The minimum atomic E-state index is -4.62. The Morgan fingerprint density at radius 1 is 1.47 bits per heavy atom. The fourth-order valence-corrected chi connectivity index (χ4v) is 1.78. The molecule has 94 valence electrons. The molecule has 0 aromatic carbocycles. The molecule has 1 unspecified atom stereocenters. The van der Waals surface area contributed by atoms with Crippen molar-refractivity contribution in [2.24, 2.45) is 0 Å². The van der Waals surface area contributed by atoms with Gasteiger partial charge in [0.25, 0.3) is 0 Å². The average molecular weight is 247 g/mol. The molecule has 2 heterocycles. The summed E-state index contributed by atoms with van der Waals surface area (Å²) in [5, 5.41) is 9.51. The lowest BCUT2D eigenvalue weighted by Gasteiger charge is -2.25. The molecule has 17 heavy (non-hydrogen) atoms. The lowest BCUT2D eigenvalue weighted by atomic mass is 10.0. The Bertz CT molecular complexity index is 424. The first kappa shape index (κ1) is 12.1. The number of hydrogen-bond donors (Lipinski definition) is 1. The molecule has 1 atom stereocenters.